The van der Waals surface area contributed by atoms with Crippen LogP contribution >= 0.6 is 23.2 Å². The van der Waals surface area contributed by atoms with Crippen molar-refractivity contribution in [3.63, 3.8) is 0 Å². The monoisotopic (exact) mass is 375 g/mol. The van der Waals surface area contributed by atoms with E-state index in [-0.39, 0.29) is 61.6 Å². The van der Waals surface area contributed by atoms with Gasteiger partial charge >= 0.3 is 5.97 Å². The second-order valence-corrected chi connectivity index (χ2v) is 7.51. The van der Waals surface area contributed by atoms with Gasteiger partial charge in [-0.2, -0.15) is 0 Å². The fourth-order valence-corrected chi connectivity index (χ4v) is 4.09. The maximum Gasteiger partial charge on any atom is 0.320 e. The minimum Gasteiger partial charge on any atom is -0.462 e. The lowest BCUT2D eigenvalue weighted by molar-refractivity contribution is -0.142. The number of hydrogen-bond acceptors (Lipinski definition) is 6. The summed E-state index contributed by atoms with van der Waals surface area (Å²) < 4.78 is 33.0. The maximum atomic E-state index is 11.8. The summed E-state index contributed by atoms with van der Waals surface area (Å²) in [4.78, 5) is 24.0. The highest BCUT2D eigenvalue weighted by Gasteiger charge is 2.34. The number of amides is 1. The van der Waals surface area contributed by atoms with Crippen LogP contribution in [0, 0.1) is 0 Å². The number of halogens is 2. The molecule has 0 unspecified atom stereocenters. The number of esters is 1. The molecule has 0 aromatic rings. The molecule has 0 aliphatic carbocycles. The fourth-order valence-electron chi connectivity index (χ4n) is 2.13. The predicted octanol–water partition coefficient (Wildman–Crippen LogP) is 0.0395. The van der Waals surface area contributed by atoms with Crippen LogP contribution in [0.2, 0.25) is 0 Å². The topological polar surface area (TPSA) is 90.0 Å². The van der Waals surface area contributed by atoms with Crippen LogP contribution < -0.4 is 0 Å². The zero-order valence-electron chi connectivity index (χ0n) is 12.0. The van der Waals surface area contributed by atoms with Crippen molar-refractivity contribution < 1.29 is 27.5 Å². The number of alkyl halides is 2. The molecular formula is C12H19Cl2NO6S. The molecule has 128 valence electrons. The van der Waals surface area contributed by atoms with Gasteiger partial charge in [0.05, 0.1) is 24.7 Å². The molecule has 1 atom stereocenters. The van der Waals surface area contributed by atoms with Crippen LogP contribution in [-0.2, 0) is 28.9 Å². The Morgan fingerprint density at radius 3 is 2.41 bits per heavy atom. The largest absolute Gasteiger partial charge is 0.462 e. The number of ether oxygens (including phenoxy) is 2. The van der Waals surface area contributed by atoms with Crippen molar-refractivity contribution >= 4 is 44.9 Å². The number of nitrogens with zero attached hydrogens (tertiary/aromatic N) is 1. The van der Waals surface area contributed by atoms with E-state index in [2.05, 4.69) is 0 Å². The van der Waals surface area contributed by atoms with E-state index in [1.807, 2.05) is 0 Å². The molecule has 0 N–H and O–H groups in total. The van der Waals surface area contributed by atoms with Gasteiger partial charge < -0.3 is 14.4 Å². The summed E-state index contributed by atoms with van der Waals surface area (Å²) in [6, 6.07) is -0.353. The van der Waals surface area contributed by atoms with E-state index >= 15 is 0 Å². The van der Waals surface area contributed by atoms with Crippen LogP contribution in [0.1, 0.15) is 6.42 Å². The minimum absolute atomic E-state index is 0.0387. The van der Waals surface area contributed by atoms with Crippen LogP contribution in [0.3, 0.4) is 0 Å². The Morgan fingerprint density at radius 2 is 1.86 bits per heavy atom. The van der Waals surface area contributed by atoms with Gasteiger partial charge in [-0.05, 0) is 6.42 Å². The molecule has 0 aromatic heterocycles. The number of carbonyl (C=O) groups excluding carboxylic acids is 2. The lowest BCUT2D eigenvalue weighted by Gasteiger charge is -2.27. The lowest BCUT2D eigenvalue weighted by Crippen LogP contribution is -2.43. The molecule has 0 bridgehead atoms. The first-order chi connectivity index (χ1) is 10.4. The molecule has 0 radical (unpaired) electrons. The first-order valence-corrected chi connectivity index (χ1v) is 9.64. The Bertz CT molecular complexity index is 484. The number of rotatable bonds is 9. The van der Waals surface area contributed by atoms with Gasteiger partial charge in [-0.15, -0.1) is 23.2 Å². The maximum absolute atomic E-state index is 11.8. The van der Waals surface area contributed by atoms with Crippen molar-refractivity contribution in [1.29, 1.82) is 0 Å². The molecule has 22 heavy (non-hydrogen) atoms. The number of sulfone groups is 1. The van der Waals surface area contributed by atoms with Crippen LogP contribution in [0.25, 0.3) is 0 Å². The van der Waals surface area contributed by atoms with Crippen molar-refractivity contribution in [2.45, 2.75) is 12.5 Å². The molecule has 1 heterocycles. The minimum atomic E-state index is -3.08. The van der Waals surface area contributed by atoms with Crippen LogP contribution in [0.15, 0.2) is 0 Å². The predicted molar refractivity (Wildman–Crippen MR) is 82.0 cm³/mol. The third kappa shape index (κ3) is 6.68. The molecular weight excluding hydrogens is 357 g/mol. The molecule has 1 saturated heterocycles. The quantitative estimate of drug-likeness (QED) is 0.321. The molecule has 1 aliphatic heterocycles. The second kappa shape index (κ2) is 9.54. The first-order valence-electron chi connectivity index (χ1n) is 6.75. The molecule has 10 heteroatoms. The Kier molecular flexibility index (Phi) is 8.45. The molecule has 0 spiro atoms. The summed E-state index contributed by atoms with van der Waals surface area (Å²) in [7, 11) is -3.08. The normalized spacial score (nSPS) is 19.8. The van der Waals surface area contributed by atoms with E-state index in [1.165, 1.54) is 4.90 Å². The molecule has 1 rings (SSSR count). The summed E-state index contributed by atoms with van der Waals surface area (Å²) in [6.45, 7) is 0.702. The highest BCUT2D eigenvalue weighted by atomic mass is 35.5. The van der Waals surface area contributed by atoms with Crippen molar-refractivity contribution in [2.75, 3.05) is 49.6 Å². The molecule has 1 amide bonds. The van der Waals surface area contributed by atoms with E-state index in [4.69, 9.17) is 32.7 Å². The van der Waals surface area contributed by atoms with Crippen LogP contribution in [0.4, 0.5) is 0 Å². The first kappa shape index (κ1) is 19.5. The SMILES string of the molecule is O=C(CCl)OCCOCCN(C(=O)CCl)[C@@H]1CCS(=O)(=O)C1. The Morgan fingerprint density at radius 1 is 1.14 bits per heavy atom. The fraction of sp³-hybridized carbons (Fsp3) is 0.833. The van der Waals surface area contributed by atoms with E-state index in [9.17, 15) is 18.0 Å². The third-order valence-corrected chi connectivity index (χ3v) is 5.36. The highest BCUT2D eigenvalue weighted by Crippen LogP contribution is 2.18. The molecule has 0 saturated carbocycles. The van der Waals surface area contributed by atoms with E-state index in [0.29, 0.717) is 6.42 Å². The summed E-state index contributed by atoms with van der Waals surface area (Å²) >= 11 is 10.8. The number of carbonyl (C=O) groups is 2. The van der Waals surface area contributed by atoms with Crippen molar-refractivity contribution in [3.05, 3.63) is 0 Å². The van der Waals surface area contributed by atoms with Gasteiger partial charge in [0.1, 0.15) is 18.4 Å². The standard InChI is InChI=1S/C12H19Cl2NO6S/c13-7-11(16)15(10-1-6-22(18,19)9-10)2-3-20-4-5-21-12(17)8-14/h10H,1-9H2/t10-/m1/s1. The summed E-state index contributed by atoms with van der Waals surface area (Å²) in [5.41, 5.74) is 0. The molecule has 0 aromatic carbocycles. The van der Waals surface area contributed by atoms with Gasteiger partial charge in [0, 0.05) is 12.6 Å². The van der Waals surface area contributed by atoms with Gasteiger partial charge in [0.25, 0.3) is 0 Å². The second-order valence-electron chi connectivity index (χ2n) is 4.74. The van der Waals surface area contributed by atoms with Gasteiger partial charge in [0.2, 0.25) is 5.91 Å². The zero-order chi connectivity index (χ0) is 16.6. The average Bonchev–Trinajstić information content (AvgIpc) is 2.85. The Balaban J connectivity index is 2.34. The van der Waals surface area contributed by atoms with Crippen LogP contribution in [-0.4, -0.2) is 80.9 Å². The summed E-state index contributed by atoms with van der Waals surface area (Å²) in [5.74, 6) is -1.22. The number of hydrogen-bond donors (Lipinski definition) is 0. The van der Waals surface area contributed by atoms with Gasteiger partial charge in [-0.3, -0.25) is 9.59 Å². The smallest absolute Gasteiger partial charge is 0.320 e. The average molecular weight is 376 g/mol. The van der Waals surface area contributed by atoms with Crippen molar-refractivity contribution in [1.82, 2.24) is 4.90 Å². The third-order valence-electron chi connectivity index (χ3n) is 3.16. The summed E-state index contributed by atoms with van der Waals surface area (Å²) in [6.07, 6.45) is 0.415. The van der Waals surface area contributed by atoms with Crippen molar-refractivity contribution in [3.8, 4) is 0 Å². The molecule has 7 nitrogen and oxygen atoms in total. The van der Waals surface area contributed by atoms with E-state index in [0.717, 1.165) is 0 Å². The Labute approximate surface area is 139 Å². The van der Waals surface area contributed by atoms with Gasteiger partial charge in [0.15, 0.2) is 9.84 Å². The van der Waals surface area contributed by atoms with E-state index < -0.39 is 15.8 Å². The van der Waals surface area contributed by atoms with Crippen LogP contribution in [0.5, 0.6) is 0 Å². The molecule has 1 aliphatic rings. The zero-order valence-corrected chi connectivity index (χ0v) is 14.3. The lowest BCUT2D eigenvalue weighted by atomic mass is 10.2. The van der Waals surface area contributed by atoms with Crippen molar-refractivity contribution in [2.24, 2.45) is 0 Å². The summed E-state index contributed by atoms with van der Waals surface area (Å²) in [5, 5.41) is 0. The van der Waals surface area contributed by atoms with Gasteiger partial charge in [-0.1, -0.05) is 0 Å². The van der Waals surface area contributed by atoms with E-state index in [1.54, 1.807) is 0 Å². The highest BCUT2D eigenvalue weighted by molar-refractivity contribution is 7.91. The molecule has 1 fully saturated rings. The van der Waals surface area contributed by atoms with Gasteiger partial charge in [-0.25, -0.2) is 8.42 Å². The Hall–Kier alpha value is -0.570.